The van der Waals surface area contributed by atoms with E-state index in [-0.39, 0.29) is 12.5 Å². The summed E-state index contributed by atoms with van der Waals surface area (Å²) in [5.41, 5.74) is 4.83. The Labute approximate surface area is 168 Å². The van der Waals surface area contributed by atoms with Crippen LogP contribution in [0.3, 0.4) is 0 Å². The predicted octanol–water partition coefficient (Wildman–Crippen LogP) is 5.37. The van der Waals surface area contributed by atoms with Crippen molar-refractivity contribution in [3.05, 3.63) is 78.4 Å². The molecule has 1 amide bonds. The van der Waals surface area contributed by atoms with Gasteiger partial charge in [-0.1, -0.05) is 48.0 Å². The van der Waals surface area contributed by atoms with Crippen molar-refractivity contribution in [3.8, 4) is 11.4 Å². The van der Waals surface area contributed by atoms with Gasteiger partial charge in [-0.2, -0.15) is 0 Å². The van der Waals surface area contributed by atoms with Gasteiger partial charge in [0.1, 0.15) is 12.4 Å². The summed E-state index contributed by atoms with van der Waals surface area (Å²) in [6.07, 6.45) is 2.02. The van der Waals surface area contributed by atoms with Gasteiger partial charge in [0, 0.05) is 16.1 Å². The molecule has 4 nitrogen and oxygen atoms in total. The van der Waals surface area contributed by atoms with Crippen LogP contribution >= 0.6 is 11.8 Å². The molecule has 4 rings (SSSR count). The maximum atomic E-state index is 12.8. The number of rotatable bonds is 5. The Balaban J connectivity index is 1.68. The first-order chi connectivity index (χ1) is 13.6. The van der Waals surface area contributed by atoms with Crippen molar-refractivity contribution in [2.45, 2.75) is 18.4 Å². The number of thioether (sulfide) groups is 1. The van der Waals surface area contributed by atoms with Gasteiger partial charge in [-0.05, 0) is 43.5 Å². The molecule has 0 radical (unpaired) electrons. The first-order valence-electron chi connectivity index (χ1n) is 9.10. The van der Waals surface area contributed by atoms with Gasteiger partial charge in [-0.25, -0.2) is 4.98 Å². The number of hydrogen-bond donors (Lipinski definition) is 1. The van der Waals surface area contributed by atoms with E-state index in [1.807, 2.05) is 71.5 Å². The standard InChI is InChI=1S/C23H21N3OS/c1-16-10-12-17(13-11-16)23-25-20-8-3-4-9-21(20)26(23)15-22(27)24-18-6-5-7-19(14-18)28-2/h3-14H,15H2,1-2H3,(H,24,27). The van der Waals surface area contributed by atoms with Crippen LogP contribution in [-0.4, -0.2) is 21.7 Å². The number of carbonyl (C=O) groups excluding carboxylic acids is 1. The third kappa shape index (κ3) is 3.80. The van der Waals surface area contributed by atoms with Crippen molar-refractivity contribution in [1.29, 1.82) is 0 Å². The number of aryl methyl sites for hydroxylation is 1. The largest absolute Gasteiger partial charge is 0.324 e. The highest BCUT2D eigenvalue weighted by Gasteiger charge is 2.15. The van der Waals surface area contributed by atoms with Crippen molar-refractivity contribution >= 4 is 34.4 Å². The van der Waals surface area contributed by atoms with Crippen molar-refractivity contribution in [3.63, 3.8) is 0 Å². The molecule has 0 saturated heterocycles. The summed E-state index contributed by atoms with van der Waals surface area (Å²) < 4.78 is 1.98. The molecule has 1 aromatic heterocycles. The van der Waals surface area contributed by atoms with Crippen LogP contribution in [0, 0.1) is 6.92 Å². The third-order valence-corrected chi connectivity index (χ3v) is 5.34. The van der Waals surface area contributed by atoms with Crippen molar-refractivity contribution in [2.24, 2.45) is 0 Å². The number of carbonyl (C=O) groups is 1. The second-order valence-electron chi connectivity index (χ2n) is 6.66. The molecular weight excluding hydrogens is 366 g/mol. The molecule has 28 heavy (non-hydrogen) atoms. The molecule has 0 aliphatic rings. The Bertz CT molecular complexity index is 1130. The summed E-state index contributed by atoms with van der Waals surface area (Å²) in [6.45, 7) is 2.26. The highest BCUT2D eigenvalue weighted by atomic mass is 32.2. The molecule has 0 bridgehead atoms. The minimum Gasteiger partial charge on any atom is -0.324 e. The van der Waals surface area contributed by atoms with Gasteiger partial charge in [-0.15, -0.1) is 11.8 Å². The zero-order chi connectivity index (χ0) is 19.5. The summed E-state index contributed by atoms with van der Waals surface area (Å²) >= 11 is 1.65. The average molecular weight is 388 g/mol. The van der Waals surface area contributed by atoms with Crippen LogP contribution in [0.4, 0.5) is 5.69 Å². The zero-order valence-corrected chi connectivity index (χ0v) is 16.7. The fourth-order valence-corrected chi connectivity index (χ4v) is 3.66. The van der Waals surface area contributed by atoms with Gasteiger partial charge in [0.05, 0.1) is 11.0 Å². The lowest BCUT2D eigenvalue weighted by molar-refractivity contribution is -0.116. The van der Waals surface area contributed by atoms with Crippen LogP contribution in [0.1, 0.15) is 5.56 Å². The fourth-order valence-electron chi connectivity index (χ4n) is 3.20. The second-order valence-corrected chi connectivity index (χ2v) is 7.54. The smallest absolute Gasteiger partial charge is 0.244 e. The number of para-hydroxylation sites is 2. The van der Waals surface area contributed by atoms with Gasteiger partial charge in [0.25, 0.3) is 0 Å². The Morgan fingerprint density at radius 1 is 1.04 bits per heavy atom. The molecule has 0 aliphatic heterocycles. The maximum absolute atomic E-state index is 12.8. The lowest BCUT2D eigenvalue weighted by Gasteiger charge is -2.11. The van der Waals surface area contributed by atoms with Gasteiger partial charge in [-0.3, -0.25) is 4.79 Å². The van der Waals surface area contributed by atoms with E-state index >= 15 is 0 Å². The Morgan fingerprint density at radius 2 is 1.82 bits per heavy atom. The van der Waals surface area contributed by atoms with Crippen molar-refractivity contribution in [1.82, 2.24) is 9.55 Å². The molecule has 0 aliphatic carbocycles. The second kappa shape index (κ2) is 7.90. The van der Waals surface area contributed by atoms with Crippen LogP contribution in [0.5, 0.6) is 0 Å². The van der Waals surface area contributed by atoms with Crippen LogP contribution < -0.4 is 5.32 Å². The molecule has 1 heterocycles. The third-order valence-electron chi connectivity index (χ3n) is 4.62. The lowest BCUT2D eigenvalue weighted by Crippen LogP contribution is -2.19. The van der Waals surface area contributed by atoms with E-state index in [0.29, 0.717) is 0 Å². The topological polar surface area (TPSA) is 46.9 Å². The molecule has 0 spiro atoms. The molecular formula is C23H21N3OS. The van der Waals surface area contributed by atoms with Gasteiger partial charge in [0.15, 0.2) is 0 Å². The molecule has 140 valence electrons. The maximum Gasteiger partial charge on any atom is 0.244 e. The number of aromatic nitrogens is 2. The number of imidazole rings is 1. The molecule has 0 atom stereocenters. The molecule has 4 aromatic rings. The van der Waals surface area contributed by atoms with E-state index in [0.717, 1.165) is 33.0 Å². The van der Waals surface area contributed by atoms with E-state index in [1.165, 1.54) is 5.56 Å². The summed E-state index contributed by atoms with van der Waals surface area (Å²) in [6, 6.07) is 24.0. The van der Waals surface area contributed by atoms with Crippen LogP contribution in [0.2, 0.25) is 0 Å². The molecule has 0 saturated carbocycles. The number of hydrogen-bond acceptors (Lipinski definition) is 3. The molecule has 1 N–H and O–H groups in total. The summed E-state index contributed by atoms with van der Waals surface area (Å²) in [7, 11) is 0. The van der Waals surface area contributed by atoms with Crippen molar-refractivity contribution < 1.29 is 4.79 Å². The summed E-state index contributed by atoms with van der Waals surface area (Å²) in [4.78, 5) is 18.7. The van der Waals surface area contributed by atoms with Crippen molar-refractivity contribution in [2.75, 3.05) is 11.6 Å². The van der Waals surface area contributed by atoms with E-state index in [4.69, 9.17) is 4.98 Å². The minimum absolute atomic E-state index is 0.0743. The fraction of sp³-hybridized carbons (Fsp3) is 0.130. The predicted molar refractivity (Wildman–Crippen MR) is 117 cm³/mol. The monoisotopic (exact) mass is 387 g/mol. The Kier molecular flexibility index (Phi) is 5.17. The van der Waals surface area contributed by atoms with E-state index < -0.39 is 0 Å². The number of benzene rings is 3. The summed E-state index contributed by atoms with van der Waals surface area (Å²) in [5.74, 6) is 0.726. The minimum atomic E-state index is -0.0743. The van der Waals surface area contributed by atoms with Gasteiger partial charge >= 0.3 is 0 Å². The first-order valence-corrected chi connectivity index (χ1v) is 10.3. The first kappa shape index (κ1) is 18.3. The molecule has 5 heteroatoms. The SMILES string of the molecule is CSc1cccc(NC(=O)Cn2c(-c3ccc(C)cc3)nc3ccccc32)c1. The van der Waals surface area contributed by atoms with Crippen LogP contribution in [-0.2, 0) is 11.3 Å². The van der Waals surface area contributed by atoms with E-state index in [1.54, 1.807) is 11.8 Å². The molecule has 0 unspecified atom stereocenters. The number of nitrogens with zero attached hydrogens (tertiary/aromatic N) is 2. The zero-order valence-electron chi connectivity index (χ0n) is 15.8. The lowest BCUT2D eigenvalue weighted by atomic mass is 10.1. The molecule has 0 fully saturated rings. The number of anilines is 1. The highest BCUT2D eigenvalue weighted by molar-refractivity contribution is 7.98. The highest BCUT2D eigenvalue weighted by Crippen LogP contribution is 2.25. The quantitative estimate of drug-likeness (QED) is 0.468. The normalized spacial score (nSPS) is 10.9. The van der Waals surface area contributed by atoms with Crippen LogP contribution in [0.25, 0.3) is 22.4 Å². The Morgan fingerprint density at radius 3 is 2.61 bits per heavy atom. The molecule has 3 aromatic carbocycles. The summed E-state index contributed by atoms with van der Waals surface area (Å²) in [5, 5.41) is 3.01. The van der Waals surface area contributed by atoms with Gasteiger partial charge < -0.3 is 9.88 Å². The number of nitrogens with one attached hydrogen (secondary N) is 1. The van der Waals surface area contributed by atoms with Gasteiger partial charge in [0.2, 0.25) is 5.91 Å². The Hall–Kier alpha value is -3.05. The number of fused-ring (bicyclic) bond motifs is 1. The van der Waals surface area contributed by atoms with E-state index in [9.17, 15) is 4.79 Å². The average Bonchev–Trinajstić information content (AvgIpc) is 3.07. The van der Waals surface area contributed by atoms with Crippen LogP contribution in [0.15, 0.2) is 77.7 Å². The van der Waals surface area contributed by atoms with E-state index in [2.05, 4.69) is 24.4 Å². The number of amides is 1.